The Bertz CT molecular complexity index is 2100. The minimum atomic E-state index is -4.97. The molecule has 0 aliphatic carbocycles. The van der Waals surface area contributed by atoms with Crippen LogP contribution >= 0.6 is 15.6 Å². The Morgan fingerprint density at radius 3 is 0.657 bits per heavy atom. The van der Waals surface area contributed by atoms with Crippen molar-refractivity contribution in [3.63, 3.8) is 0 Å². The van der Waals surface area contributed by atoms with Crippen LogP contribution in [-0.4, -0.2) is 96.7 Å². The van der Waals surface area contributed by atoms with E-state index in [4.69, 9.17) is 37.0 Å². The van der Waals surface area contributed by atoms with Gasteiger partial charge in [-0.05, 0) is 49.4 Å². The monoisotopic (exact) mass is 1580 g/mol. The lowest BCUT2D eigenvalue weighted by Crippen LogP contribution is -2.30. The topological polar surface area (TPSA) is 237 Å². The fraction of sp³-hybridized carbons (Fsp3) is 0.955. The number of phosphoric acid groups is 2. The van der Waals surface area contributed by atoms with Crippen molar-refractivity contribution in [3.8, 4) is 0 Å². The number of carbonyl (C=O) groups excluding carboxylic acids is 4. The molecule has 3 N–H and O–H groups in total. The maximum atomic E-state index is 13.2. The lowest BCUT2D eigenvalue weighted by atomic mass is 9.99. The maximum absolute atomic E-state index is 13.2. The van der Waals surface area contributed by atoms with E-state index in [1.54, 1.807) is 0 Å². The molecule has 642 valence electrons. The molecular formula is C89H174O17P2. The van der Waals surface area contributed by atoms with Gasteiger partial charge >= 0.3 is 39.5 Å². The minimum absolute atomic E-state index is 0.106. The summed E-state index contributed by atoms with van der Waals surface area (Å²) < 4.78 is 69.0. The highest BCUT2D eigenvalue weighted by Gasteiger charge is 2.31. The summed E-state index contributed by atoms with van der Waals surface area (Å²) in [5.41, 5.74) is 0. The van der Waals surface area contributed by atoms with Crippen molar-refractivity contribution >= 4 is 39.5 Å². The van der Waals surface area contributed by atoms with Crippen LogP contribution in [0.5, 0.6) is 0 Å². The molecule has 0 aliphatic rings. The summed E-state index contributed by atoms with van der Waals surface area (Å²) in [7, 11) is -9.94. The van der Waals surface area contributed by atoms with E-state index >= 15 is 0 Å². The van der Waals surface area contributed by atoms with Crippen LogP contribution in [-0.2, 0) is 65.4 Å². The molecule has 0 rings (SSSR count). The molecule has 0 aromatic carbocycles. The molecule has 0 saturated carbocycles. The first kappa shape index (κ1) is 106. The number of hydrogen-bond donors (Lipinski definition) is 3. The second kappa shape index (κ2) is 77.6. The molecular weight excluding hydrogens is 1400 g/mol. The number of esters is 4. The highest BCUT2D eigenvalue weighted by atomic mass is 31.2. The van der Waals surface area contributed by atoms with E-state index in [9.17, 15) is 43.2 Å². The van der Waals surface area contributed by atoms with E-state index in [1.807, 2.05) is 0 Å². The zero-order chi connectivity index (χ0) is 79.5. The van der Waals surface area contributed by atoms with Crippen LogP contribution in [0.4, 0.5) is 0 Å². The summed E-state index contributed by atoms with van der Waals surface area (Å²) in [6.45, 7) is 14.4. The van der Waals surface area contributed by atoms with Gasteiger partial charge in [-0.15, -0.1) is 0 Å². The molecule has 0 spiro atoms. The molecule has 0 bridgehead atoms. The van der Waals surface area contributed by atoms with Crippen LogP contribution in [0, 0.1) is 23.7 Å². The molecule has 0 heterocycles. The fourth-order valence-electron chi connectivity index (χ4n) is 13.8. The SMILES string of the molecule is CCC(C)CCCCCCCCCCCCCCCCCCCCC(=O)O[C@H](COC(=O)CCCCCCCCCCCCCCCCCCC(C)C)COP(=O)(O)OC[C@@H](O)COP(=O)(O)OC[C@@H](COC(=O)CCCCCCCCCCC(C)CC)OC(=O)CCCCCCCCCCCCCCC(C)C. The zero-order valence-electron chi connectivity index (χ0n) is 71.5. The molecule has 0 saturated heterocycles. The Balaban J connectivity index is 5.25. The molecule has 17 nitrogen and oxygen atoms in total. The molecule has 0 amide bonds. The highest BCUT2D eigenvalue weighted by Crippen LogP contribution is 2.45. The van der Waals surface area contributed by atoms with Gasteiger partial charge in [0.15, 0.2) is 12.2 Å². The minimum Gasteiger partial charge on any atom is -0.462 e. The van der Waals surface area contributed by atoms with Gasteiger partial charge in [-0.1, -0.05) is 415 Å². The Morgan fingerprint density at radius 1 is 0.259 bits per heavy atom. The number of phosphoric ester groups is 2. The second-order valence-electron chi connectivity index (χ2n) is 33.4. The van der Waals surface area contributed by atoms with Gasteiger partial charge in [-0.2, -0.15) is 0 Å². The second-order valence-corrected chi connectivity index (χ2v) is 36.3. The first-order valence-electron chi connectivity index (χ1n) is 45.8. The first-order valence-corrected chi connectivity index (χ1v) is 48.8. The molecule has 0 aromatic heterocycles. The molecule has 0 aromatic rings. The third-order valence-electron chi connectivity index (χ3n) is 21.5. The third-order valence-corrected chi connectivity index (χ3v) is 23.4. The predicted octanol–water partition coefficient (Wildman–Crippen LogP) is 27.1. The molecule has 4 unspecified atom stereocenters. The van der Waals surface area contributed by atoms with Gasteiger partial charge in [-0.25, -0.2) is 9.13 Å². The molecule has 0 aliphatic heterocycles. The number of hydrogen-bond acceptors (Lipinski definition) is 15. The fourth-order valence-corrected chi connectivity index (χ4v) is 15.4. The number of ether oxygens (including phenoxy) is 4. The van der Waals surface area contributed by atoms with E-state index in [-0.39, 0.29) is 25.7 Å². The Morgan fingerprint density at radius 2 is 0.444 bits per heavy atom. The van der Waals surface area contributed by atoms with E-state index in [1.165, 1.54) is 270 Å². The number of unbranched alkanes of at least 4 members (excludes halogenated alkanes) is 50. The Hall–Kier alpha value is -1.94. The van der Waals surface area contributed by atoms with Crippen LogP contribution in [0.3, 0.4) is 0 Å². The van der Waals surface area contributed by atoms with Gasteiger partial charge in [0.05, 0.1) is 26.4 Å². The lowest BCUT2D eigenvalue weighted by Gasteiger charge is -2.21. The maximum Gasteiger partial charge on any atom is 0.472 e. The van der Waals surface area contributed by atoms with Crippen LogP contribution in [0.1, 0.15) is 466 Å². The quantitative estimate of drug-likeness (QED) is 0.0222. The molecule has 0 fully saturated rings. The Labute approximate surface area is 664 Å². The van der Waals surface area contributed by atoms with Crippen LogP contribution < -0.4 is 0 Å². The van der Waals surface area contributed by atoms with E-state index < -0.39 is 97.5 Å². The van der Waals surface area contributed by atoms with Crippen molar-refractivity contribution < 1.29 is 80.2 Å². The summed E-state index contributed by atoms with van der Waals surface area (Å²) in [5.74, 6) is 1.13. The van der Waals surface area contributed by atoms with Gasteiger partial charge in [0, 0.05) is 25.7 Å². The van der Waals surface area contributed by atoms with Crippen molar-refractivity contribution in [1.82, 2.24) is 0 Å². The summed E-state index contributed by atoms with van der Waals surface area (Å²) in [4.78, 5) is 73.4. The van der Waals surface area contributed by atoms with E-state index in [0.29, 0.717) is 25.7 Å². The number of aliphatic hydroxyl groups is 1. The van der Waals surface area contributed by atoms with Crippen LogP contribution in [0.2, 0.25) is 0 Å². The van der Waals surface area contributed by atoms with Crippen LogP contribution in [0.25, 0.3) is 0 Å². The highest BCUT2D eigenvalue weighted by molar-refractivity contribution is 7.47. The van der Waals surface area contributed by atoms with Crippen molar-refractivity contribution in [1.29, 1.82) is 0 Å². The van der Waals surface area contributed by atoms with Gasteiger partial charge in [0.2, 0.25) is 0 Å². The van der Waals surface area contributed by atoms with Crippen LogP contribution in [0.15, 0.2) is 0 Å². The average Bonchev–Trinajstić information content (AvgIpc) is 0.899. The van der Waals surface area contributed by atoms with Crippen molar-refractivity contribution in [3.05, 3.63) is 0 Å². The summed E-state index contributed by atoms with van der Waals surface area (Å²) in [6, 6.07) is 0. The summed E-state index contributed by atoms with van der Waals surface area (Å²) >= 11 is 0. The van der Waals surface area contributed by atoms with Crippen molar-refractivity contribution in [2.24, 2.45) is 23.7 Å². The van der Waals surface area contributed by atoms with Gasteiger partial charge in [0.1, 0.15) is 19.3 Å². The lowest BCUT2D eigenvalue weighted by molar-refractivity contribution is -0.161. The molecule has 0 radical (unpaired) electrons. The van der Waals surface area contributed by atoms with Gasteiger partial charge < -0.3 is 33.8 Å². The standard InChI is InChI=1S/C89H174O17P2/c1-9-81(7)67-59-51-43-35-29-22-18-13-11-12-14-20-24-31-37-47-55-63-71-88(93)105-84(75-99-86(91)69-61-53-45-36-30-23-19-16-15-17-21-27-33-41-49-57-65-79(3)4)77-103-107(95,96)101-73-83(90)74-102-108(97,98)104-78-85(76-100-87(92)70-62-54-46-40-39-44-52-60-68-82(8)10-2)106-89(94)72-64-56-48-38-32-26-25-28-34-42-50-58-66-80(5)6/h79-85,90H,9-78H2,1-8H3,(H,95,96)(H,97,98)/t81?,82?,83-,84-,85-/m1/s1. The summed E-state index contributed by atoms with van der Waals surface area (Å²) in [6.07, 6.45) is 68.0. The number of carbonyl (C=O) groups is 4. The zero-order valence-corrected chi connectivity index (χ0v) is 73.3. The normalized spacial score (nSPS) is 14.4. The van der Waals surface area contributed by atoms with Crippen molar-refractivity contribution in [2.45, 2.75) is 485 Å². The van der Waals surface area contributed by atoms with E-state index in [2.05, 4.69) is 55.4 Å². The predicted molar refractivity (Wildman–Crippen MR) is 446 cm³/mol. The number of aliphatic hydroxyl groups excluding tert-OH is 1. The molecule has 7 atom stereocenters. The number of rotatable bonds is 86. The molecule has 19 heteroatoms. The smallest absolute Gasteiger partial charge is 0.462 e. The van der Waals surface area contributed by atoms with Crippen molar-refractivity contribution in [2.75, 3.05) is 39.6 Å². The third kappa shape index (κ3) is 79.3. The van der Waals surface area contributed by atoms with Gasteiger partial charge in [-0.3, -0.25) is 37.3 Å². The largest absolute Gasteiger partial charge is 0.472 e. The Kier molecular flexibility index (Phi) is 76.2. The molecule has 108 heavy (non-hydrogen) atoms. The summed E-state index contributed by atoms with van der Waals surface area (Å²) in [5, 5.41) is 10.7. The first-order chi connectivity index (χ1) is 52.2. The van der Waals surface area contributed by atoms with E-state index in [0.717, 1.165) is 114 Å². The average molecular weight is 1580 g/mol. The van der Waals surface area contributed by atoms with Gasteiger partial charge in [0.25, 0.3) is 0 Å².